The summed E-state index contributed by atoms with van der Waals surface area (Å²) in [6.07, 6.45) is 2.24. The Balaban J connectivity index is 1.66. The van der Waals surface area contributed by atoms with E-state index in [1.54, 1.807) is 13.2 Å². The van der Waals surface area contributed by atoms with Crippen LogP contribution in [-0.4, -0.2) is 12.6 Å². The zero-order valence-electron chi connectivity index (χ0n) is 19.9. The van der Waals surface area contributed by atoms with Gasteiger partial charge < -0.3 is 14.8 Å². The molecule has 4 aromatic rings. The van der Waals surface area contributed by atoms with Gasteiger partial charge in [0.25, 0.3) is 0 Å². The van der Waals surface area contributed by atoms with Crippen LogP contribution in [-0.2, 0) is 6.61 Å². The first kappa shape index (κ1) is 22.0. The monoisotopic (exact) mass is 453 g/mol. The van der Waals surface area contributed by atoms with Crippen LogP contribution in [0.5, 0.6) is 11.5 Å². The van der Waals surface area contributed by atoms with Gasteiger partial charge in [0.1, 0.15) is 23.9 Å². The number of benzene rings is 4. The van der Waals surface area contributed by atoms with Crippen LogP contribution in [0.4, 0.5) is 10.1 Å². The summed E-state index contributed by atoms with van der Waals surface area (Å²) in [6, 6.07) is 23.1. The first-order valence-electron chi connectivity index (χ1n) is 11.4. The van der Waals surface area contributed by atoms with Crippen molar-refractivity contribution in [3.05, 3.63) is 95.8 Å². The molecule has 0 unspecified atom stereocenters. The molecule has 1 heterocycles. The van der Waals surface area contributed by atoms with Crippen LogP contribution >= 0.6 is 0 Å². The number of fused-ring (bicyclic) bond motifs is 2. The van der Waals surface area contributed by atoms with Crippen molar-refractivity contribution >= 4 is 22.0 Å². The van der Waals surface area contributed by atoms with Gasteiger partial charge in [-0.2, -0.15) is 0 Å². The SMILES string of the molecule is COc1cc(F)ccc1-c1ccc2c(c1COc1cccc3ccccc13)C(C)=CC(C)(C)N2. The van der Waals surface area contributed by atoms with Crippen LogP contribution in [0.25, 0.3) is 27.5 Å². The molecule has 5 rings (SSSR count). The van der Waals surface area contributed by atoms with E-state index in [0.29, 0.717) is 12.4 Å². The molecule has 0 aromatic heterocycles. The standard InChI is InChI=1S/C30H28FNO2/c1-19-17-30(2,3)32-26-15-14-23(24-13-12-21(31)16-28(24)33-4)25(29(19)26)18-34-27-11-7-9-20-8-5-6-10-22(20)27/h5-17,32H,18H2,1-4H3. The maximum Gasteiger partial charge on any atom is 0.129 e. The van der Waals surface area contributed by atoms with Gasteiger partial charge in [-0.15, -0.1) is 0 Å². The van der Waals surface area contributed by atoms with Crippen molar-refractivity contribution in [2.24, 2.45) is 0 Å². The van der Waals surface area contributed by atoms with Gasteiger partial charge in [-0.05, 0) is 61.6 Å². The van der Waals surface area contributed by atoms with Crippen molar-refractivity contribution in [3.8, 4) is 22.6 Å². The Morgan fingerprint density at radius 3 is 2.47 bits per heavy atom. The molecular formula is C30H28FNO2. The third-order valence-corrected chi connectivity index (χ3v) is 6.32. The molecule has 0 amide bonds. The molecule has 0 atom stereocenters. The highest BCUT2D eigenvalue weighted by molar-refractivity contribution is 5.89. The van der Waals surface area contributed by atoms with Crippen LogP contribution < -0.4 is 14.8 Å². The van der Waals surface area contributed by atoms with Crippen molar-refractivity contribution < 1.29 is 13.9 Å². The molecule has 1 aliphatic rings. The second-order valence-corrected chi connectivity index (χ2v) is 9.30. The summed E-state index contributed by atoms with van der Waals surface area (Å²) in [4.78, 5) is 0. The number of hydrogen-bond donors (Lipinski definition) is 1. The van der Waals surface area contributed by atoms with E-state index < -0.39 is 0 Å². The van der Waals surface area contributed by atoms with Gasteiger partial charge in [-0.3, -0.25) is 0 Å². The zero-order valence-corrected chi connectivity index (χ0v) is 19.9. The Hall–Kier alpha value is -3.79. The quantitative estimate of drug-likeness (QED) is 0.334. The maximum absolute atomic E-state index is 14.0. The topological polar surface area (TPSA) is 30.5 Å². The molecule has 34 heavy (non-hydrogen) atoms. The minimum absolute atomic E-state index is 0.153. The van der Waals surface area contributed by atoms with Crippen molar-refractivity contribution in [2.75, 3.05) is 12.4 Å². The van der Waals surface area contributed by atoms with Gasteiger partial charge in [0.05, 0.1) is 12.6 Å². The van der Waals surface area contributed by atoms with Gasteiger partial charge >= 0.3 is 0 Å². The highest BCUT2D eigenvalue weighted by atomic mass is 19.1. The maximum atomic E-state index is 14.0. The zero-order chi connectivity index (χ0) is 23.9. The predicted octanol–water partition coefficient (Wildman–Crippen LogP) is 7.84. The lowest BCUT2D eigenvalue weighted by Crippen LogP contribution is -2.32. The van der Waals surface area contributed by atoms with Crippen LogP contribution in [0.1, 0.15) is 31.9 Å². The largest absolute Gasteiger partial charge is 0.496 e. The summed E-state index contributed by atoms with van der Waals surface area (Å²) in [5, 5.41) is 5.83. The Bertz CT molecular complexity index is 1420. The van der Waals surface area contributed by atoms with Crippen LogP contribution in [0.3, 0.4) is 0 Å². The lowest BCUT2D eigenvalue weighted by Gasteiger charge is -2.33. The fraction of sp³-hybridized carbons (Fsp3) is 0.200. The van der Waals surface area contributed by atoms with Crippen molar-refractivity contribution in [1.29, 1.82) is 0 Å². The lowest BCUT2D eigenvalue weighted by atomic mass is 9.85. The lowest BCUT2D eigenvalue weighted by molar-refractivity contribution is 0.310. The van der Waals surface area contributed by atoms with Crippen LogP contribution in [0.15, 0.2) is 78.9 Å². The normalized spacial score (nSPS) is 14.2. The van der Waals surface area contributed by atoms with E-state index in [4.69, 9.17) is 9.47 Å². The molecule has 4 heteroatoms. The summed E-state index contributed by atoms with van der Waals surface area (Å²) in [7, 11) is 1.57. The smallest absolute Gasteiger partial charge is 0.129 e. The van der Waals surface area contributed by atoms with E-state index in [-0.39, 0.29) is 11.4 Å². The number of methoxy groups -OCH3 is 1. The Kier molecular flexibility index (Phi) is 5.52. The number of nitrogens with one attached hydrogen (secondary N) is 1. The average molecular weight is 454 g/mol. The third kappa shape index (κ3) is 4.01. The molecule has 0 spiro atoms. The Morgan fingerprint density at radius 1 is 0.882 bits per heavy atom. The van der Waals surface area contributed by atoms with E-state index in [0.717, 1.165) is 44.5 Å². The van der Waals surface area contributed by atoms with Gasteiger partial charge in [0, 0.05) is 33.8 Å². The fourth-order valence-corrected chi connectivity index (χ4v) is 4.96. The molecule has 172 valence electrons. The number of allylic oxidation sites excluding steroid dienone is 1. The fourth-order valence-electron chi connectivity index (χ4n) is 4.96. The molecular weight excluding hydrogens is 425 g/mol. The molecule has 0 aliphatic carbocycles. The average Bonchev–Trinajstić information content (AvgIpc) is 2.81. The van der Waals surface area contributed by atoms with E-state index in [1.165, 1.54) is 17.7 Å². The second kappa shape index (κ2) is 8.53. The van der Waals surface area contributed by atoms with E-state index in [2.05, 4.69) is 62.5 Å². The summed E-state index contributed by atoms with van der Waals surface area (Å²) < 4.78 is 26.0. The number of ether oxygens (including phenoxy) is 2. The number of halogens is 1. The first-order chi connectivity index (χ1) is 16.4. The van der Waals surface area contributed by atoms with E-state index in [9.17, 15) is 4.39 Å². The predicted molar refractivity (Wildman–Crippen MR) is 138 cm³/mol. The Labute approximate surface area is 199 Å². The number of hydrogen-bond acceptors (Lipinski definition) is 3. The minimum atomic E-state index is -0.327. The third-order valence-electron chi connectivity index (χ3n) is 6.32. The van der Waals surface area contributed by atoms with Gasteiger partial charge in [0.2, 0.25) is 0 Å². The molecule has 0 saturated heterocycles. The van der Waals surface area contributed by atoms with Crippen molar-refractivity contribution in [3.63, 3.8) is 0 Å². The van der Waals surface area contributed by atoms with Crippen LogP contribution in [0, 0.1) is 5.82 Å². The summed E-state index contributed by atoms with van der Waals surface area (Å²) >= 11 is 0. The number of anilines is 1. The first-order valence-corrected chi connectivity index (χ1v) is 11.4. The van der Waals surface area contributed by atoms with Gasteiger partial charge in [-0.25, -0.2) is 4.39 Å². The molecule has 4 aromatic carbocycles. The molecule has 0 radical (unpaired) electrons. The minimum Gasteiger partial charge on any atom is -0.496 e. The molecule has 0 bridgehead atoms. The summed E-state index contributed by atoms with van der Waals surface area (Å²) in [5.74, 6) is 1.00. The highest BCUT2D eigenvalue weighted by Gasteiger charge is 2.27. The highest BCUT2D eigenvalue weighted by Crippen LogP contribution is 2.43. The molecule has 0 saturated carbocycles. The van der Waals surface area contributed by atoms with Gasteiger partial charge in [0.15, 0.2) is 0 Å². The van der Waals surface area contributed by atoms with Crippen LogP contribution in [0.2, 0.25) is 0 Å². The van der Waals surface area contributed by atoms with Crippen molar-refractivity contribution in [1.82, 2.24) is 0 Å². The number of rotatable bonds is 5. The second-order valence-electron chi connectivity index (χ2n) is 9.30. The van der Waals surface area contributed by atoms with Crippen molar-refractivity contribution in [2.45, 2.75) is 32.9 Å². The molecule has 0 fully saturated rings. The van der Waals surface area contributed by atoms with Gasteiger partial charge in [-0.1, -0.05) is 48.5 Å². The van der Waals surface area contributed by atoms with E-state index in [1.807, 2.05) is 24.3 Å². The molecule has 3 nitrogen and oxygen atoms in total. The summed E-state index contributed by atoms with van der Waals surface area (Å²) in [6.45, 7) is 6.81. The van der Waals surface area contributed by atoms with E-state index >= 15 is 0 Å². The molecule has 1 N–H and O–H groups in total. The summed E-state index contributed by atoms with van der Waals surface area (Å²) in [5.41, 5.74) is 6.03. The molecule has 1 aliphatic heterocycles. The Morgan fingerprint density at radius 2 is 1.65 bits per heavy atom.